The Kier molecular flexibility index (Phi) is 6.36. The van der Waals surface area contributed by atoms with Gasteiger partial charge in [0.25, 0.3) is 0 Å². The molecule has 1 aromatic heterocycles. The quantitative estimate of drug-likeness (QED) is 0.530. The molecule has 28 heavy (non-hydrogen) atoms. The fourth-order valence-corrected chi connectivity index (χ4v) is 3.07. The second-order valence-corrected chi connectivity index (χ2v) is 6.50. The van der Waals surface area contributed by atoms with Crippen molar-refractivity contribution in [3.63, 3.8) is 0 Å². The molecule has 0 atom stereocenters. The second-order valence-electron chi connectivity index (χ2n) is 5.66. The number of aromatic nitrogens is 2. The summed E-state index contributed by atoms with van der Waals surface area (Å²) < 4.78 is 33.3. The molecule has 0 aliphatic carbocycles. The van der Waals surface area contributed by atoms with Gasteiger partial charge in [0.1, 0.15) is 11.2 Å². The summed E-state index contributed by atoms with van der Waals surface area (Å²) in [5, 5.41) is 13.6. The molecule has 0 bridgehead atoms. The first-order valence-electron chi connectivity index (χ1n) is 7.65. The lowest BCUT2D eigenvalue weighted by atomic mass is 10.0. The Labute approximate surface area is 168 Å². The van der Waals surface area contributed by atoms with Crippen molar-refractivity contribution in [2.45, 2.75) is 13.1 Å². The number of hydrogen-bond acceptors (Lipinski definition) is 3. The maximum atomic E-state index is 11.8. The van der Waals surface area contributed by atoms with Gasteiger partial charge in [-0.1, -0.05) is 47.5 Å². The van der Waals surface area contributed by atoms with Crippen molar-refractivity contribution >= 4 is 45.9 Å². The number of carboxylic acids is 1. The standard InChI is InChI=1S/C16H12Cl2N2O.C2HF3O2.H2/c1-9(21)16-13-5-3-4-12(15(13)19-20(16)2)11-7-6-10(17)8-14(11)18;3-2(4,5)1(6)7;/h3-8H,1-2H3;(H,6,7);1H. The maximum Gasteiger partial charge on any atom is 0.490 e. The zero-order chi connectivity index (χ0) is 21.2. The van der Waals surface area contributed by atoms with Crippen molar-refractivity contribution in [1.29, 1.82) is 0 Å². The number of benzene rings is 2. The van der Waals surface area contributed by atoms with Gasteiger partial charge in [-0.25, -0.2) is 4.79 Å². The Hall–Kier alpha value is -2.58. The Morgan fingerprint density at radius 3 is 2.25 bits per heavy atom. The van der Waals surface area contributed by atoms with Crippen molar-refractivity contribution in [3.05, 3.63) is 52.1 Å². The van der Waals surface area contributed by atoms with Crippen LogP contribution in [0, 0.1) is 0 Å². The number of aliphatic carboxylic acids is 1. The SMILES string of the molecule is CC(=O)c1c2cccc(-c3ccc(Cl)cc3Cl)c2nn1C.O=C(O)C(F)(F)F.[HH]. The van der Waals surface area contributed by atoms with E-state index in [0.29, 0.717) is 15.7 Å². The van der Waals surface area contributed by atoms with Crippen LogP contribution >= 0.6 is 23.2 Å². The van der Waals surface area contributed by atoms with Crippen molar-refractivity contribution in [2.75, 3.05) is 0 Å². The molecular formula is C18H15Cl2F3N2O3. The van der Waals surface area contributed by atoms with Gasteiger partial charge in [0.2, 0.25) is 0 Å². The van der Waals surface area contributed by atoms with Crippen LogP contribution < -0.4 is 0 Å². The minimum Gasteiger partial charge on any atom is -0.475 e. The van der Waals surface area contributed by atoms with Crippen molar-refractivity contribution in [1.82, 2.24) is 9.78 Å². The number of fused-ring (bicyclic) bond motifs is 1. The van der Waals surface area contributed by atoms with Crippen molar-refractivity contribution in [2.24, 2.45) is 7.05 Å². The molecule has 3 aromatic rings. The minimum absolute atomic E-state index is 0. The van der Waals surface area contributed by atoms with Gasteiger partial charge in [0, 0.05) is 42.0 Å². The van der Waals surface area contributed by atoms with Gasteiger partial charge >= 0.3 is 12.1 Å². The summed E-state index contributed by atoms with van der Waals surface area (Å²) in [6.07, 6.45) is -5.08. The second kappa shape index (κ2) is 8.20. The molecule has 0 saturated carbocycles. The summed E-state index contributed by atoms with van der Waals surface area (Å²) in [5.41, 5.74) is 3.09. The van der Waals surface area contributed by atoms with E-state index in [0.717, 1.165) is 22.0 Å². The highest BCUT2D eigenvalue weighted by Crippen LogP contribution is 2.35. The predicted molar refractivity (Wildman–Crippen MR) is 102 cm³/mol. The molecular weight excluding hydrogens is 420 g/mol. The molecule has 0 aliphatic rings. The van der Waals surface area contributed by atoms with E-state index in [1.807, 2.05) is 24.3 Å². The average Bonchev–Trinajstić information content (AvgIpc) is 2.90. The largest absolute Gasteiger partial charge is 0.490 e. The molecule has 150 valence electrons. The number of carbonyl (C=O) groups is 2. The Balaban J connectivity index is 0.000000456. The molecule has 0 aliphatic heterocycles. The van der Waals surface area contributed by atoms with E-state index in [9.17, 15) is 18.0 Å². The monoisotopic (exact) mass is 434 g/mol. The van der Waals surface area contributed by atoms with E-state index in [2.05, 4.69) is 5.10 Å². The molecule has 10 heteroatoms. The number of rotatable bonds is 2. The van der Waals surface area contributed by atoms with Crippen LogP contribution in [0.1, 0.15) is 18.8 Å². The average molecular weight is 435 g/mol. The van der Waals surface area contributed by atoms with E-state index in [-0.39, 0.29) is 7.21 Å². The molecule has 1 N–H and O–H groups in total. The molecule has 0 fully saturated rings. The summed E-state index contributed by atoms with van der Waals surface area (Å²) in [4.78, 5) is 20.7. The summed E-state index contributed by atoms with van der Waals surface area (Å²) in [5.74, 6) is -2.77. The van der Waals surface area contributed by atoms with E-state index >= 15 is 0 Å². The number of hydrogen-bond donors (Lipinski definition) is 1. The highest BCUT2D eigenvalue weighted by atomic mass is 35.5. The summed E-state index contributed by atoms with van der Waals surface area (Å²) in [6.45, 7) is 1.54. The van der Waals surface area contributed by atoms with E-state index in [1.165, 1.54) is 0 Å². The first-order valence-corrected chi connectivity index (χ1v) is 8.41. The van der Waals surface area contributed by atoms with Crippen LogP contribution in [0.3, 0.4) is 0 Å². The fraction of sp³-hybridized carbons (Fsp3) is 0.167. The normalized spacial score (nSPS) is 11.1. The smallest absolute Gasteiger partial charge is 0.475 e. The van der Waals surface area contributed by atoms with Gasteiger partial charge in [0.05, 0.1) is 0 Å². The van der Waals surface area contributed by atoms with Gasteiger partial charge in [0.15, 0.2) is 5.78 Å². The fourth-order valence-electron chi connectivity index (χ4n) is 2.56. The first-order chi connectivity index (χ1) is 12.9. The van der Waals surface area contributed by atoms with Gasteiger partial charge in [-0.3, -0.25) is 9.48 Å². The van der Waals surface area contributed by atoms with Crippen LogP contribution in [-0.2, 0) is 11.8 Å². The third-order valence-electron chi connectivity index (χ3n) is 3.66. The number of aryl methyl sites for hydroxylation is 1. The molecule has 0 saturated heterocycles. The molecule has 1 heterocycles. The van der Waals surface area contributed by atoms with Crippen LogP contribution in [0.15, 0.2) is 36.4 Å². The minimum atomic E-state index is -5.08. The zero-order valence-corrected chi connectivity index (χ0v) is 16.0. The molecule has 0 amide bonds. The van der Waals surface area contributed by atoms with Crippen LogP contribution in [0.2, 0.25) is 10.0 Å². The maximum absolute atomic E-state index is 11.8. The number of ketones is 1. The van der Waals surface area contributed by atoms with Gasteiger partial charge < -0.3 is 5.11 Å². The van der Waals surface area contributed by atoms with Crippen LogP contribution in [0.5, 0.6) is 0 Å². The number of nitrogens with zero attached hydrogens (tertiary/aromatic N) is 2. The van der Waals surface area contributed by atoms with Crippen LogP contribution in [-0.4, -0.2) is 32.8 Å². The Morgan fingerprint density at radius 1 is 1.14 bits per heavy atom. The highest BCUT2D eigenvalue weighted by Gasteiger charge is 2.38. The van der Waals surface area contributed by atoms with Gasteiger partial charge in [-0.2, -0.15) is 18.3 Å². The van der Waals surface area contributed by atoms with E-state index in [4.69, 9.17) is 33.1 Å². The molecule has 0 radical (unpaired) electrons. The van der Waals surface area contributed by atoms with E-state index < -0.39 is 12.1 Å². The van der Waals surface area contributed by atoms with Crippen LogP contribution in [0.25, 0.3) is 22.0 Å². The lowest BCUT2D eigenvalue weighted by Gasteiger charge is -2.05. The zero-order valence-electron chi connectivity index (χ0n) is 14.5. The Morgan fingerprint density at radius 2 is 1.75 bits per heavy atom. The summed E-state index contributed by atoms with van der Waals surface area (Å²) in [7, 11) is 1.77. The molecule has 5 nitrogen and oxygen atoms in total. The molecule has 0 unspecified atom stereocenters. The number of carbonyl (C=O) groups excluding carboxylic acids is 1. The van der Waals surface area contributed by atoms with Gasteiger partial charge in [-0.15, -0.1) is 0 Å². The van der Waals surface area contributed by atoms with E-state index in [1.54, 1.807) is 30.8 Å². The number of halogens is 5. The topological polar surface area (TPSA) is 72.2 Å². The van der Waals surface area contributed by atoms with Crippen LogP contribution in [0.4, 0.5) is 13.2 Å². The number of alkyl halides is 3. The Bertz CT molecular complexity index is 1070. The highest BCUT2D eigenvalue weighted by molar-refractivity contribution is 6.36. The lowest BCUT2D eigenvalue weighted by molar-refractivity contribution is -0.192. The number of carboxylic acid groups (broad SMARTS) is 1. The molecule has 0 spiro atoms. The summed E-state index contributed by atoms with van der Waals surface area (Å²) in [6, 6.07) is 11.1. The number of Topliss-reactive ketones (excluding diaryl/α,β-unsaturated/α-hetero) is 1. The van der Waals surface area contributed by atoms with Crippen molar-refractivity contribution in [3.8, 4) is 11.1 Å². The molecule has 3 rings (SSSR count). The van der Waals surface area contributed by atoms with Crippen molar-refractivity contribution < 1.29 is 29.3 Å². The third kappa shape index (κ3) is 4.63. The third-order valence-corrected chi connectivity index (χ3v) is 4.21. The molecule has 2 aromatic carbocycles. The first kappa shape index (κ1) is 21.7. The lowest BCUT2D eigenvalue weighted by Crippen LogP contribution is -2.21. The summed E-state index contributed by atoms with van der Waals surface area (Å²) >= 11 is 12.2. The van der Waals surface area contributed by atoms with Gasteiger partial charge in [-0.05, 0) is 12.1 Å². The predicted octanol–water partition coefficient (Wildman–Crippen LogP) is 5.63.